The maximum atomic E-state index is 12.3. The van der Waals surface area contributed by atoms with Gasteiger partial charge in [0.15, 0.2) is 6.04 Å². The number of carboxylic acids is 1. The standard InChI is InChI=1S/C14H14BrN3O3/c1-8-3-4-10(15)5-11(8)13(19)17-12(14(20)21)9-6-16-18(2)7-9/h3-7,12H,1-2H3,(H,17,19)(H,20,21). The zero-order chi connectivity index (χ0) is 15.6. The van der Waals surface area contributed by atoms with Crippen molar-refractivity contribution in [2.45, 2.75) is 13.0 Å². The topological polar surface area (TPSA) is 84.2 Å². The molecule has 21 heavy (non-hydrogen) atoms. The van der Waals surface area contributed by atoms with Crippen LogP contribution in [0, 0.1) is 6.92 Å². The molecule has 1 aromatic carbocycles. The Balaban J connectivity index is 2.27. The van der Waals surface area contributed by atoms with Crippen LogP contribution < -0.4 is 5.32 Å². The number of nitrogens with one attached hydrogen (secondary N) is 1. The van der Waals surface area contributed by atoms with Crippen molar-refractivity contribution in [1.29, 1.82) is 0 Å². The molecule has 1 atom stereocenters. The average molecular weight is 352 g/mol. The number of benzene rings is 1. The average Bonchev–Trinajstić information content (AvgIpc) is 2.84. The van der Waals surface area contributed by atoms with E-state index in [1.54, 1.807) is 32.3 Å². The molecular formula is C14H14BrN3O3. The molecular weight excluding hydrogens is 338 g/mol. The monoisotopic (exact) mass is 351 g/mol. The van der Waals surface area contributed by atoms with Crippen LogP contribution in [0.3, 0.4) is 0 Å². The molecule has 2 N–H and O–H groups in total. The number of carbonyl (C=O) groups is 2. The Bertz CT molecular complexity index is 697. The second kappa shape index (κ2) is 6.09. The molecule has 0 radical (unpaired) electrons. The van der Waals surface area contributed by atoms with Gasteiger partial charge in [-0.2, -0.15) is 5.10 Å². The Labute approximate surface area is 129 Å². The van der Waals surface area contributed by atoms with Crippen LogP contribution >= 0.6 is 15.9 Å². The fourth-order valence-electron chi connectivity index (χ4n) is 1.92. The van der Waals surface area contributed by atoms with Gasteiger partial charge in [0.1, 0.15) is 0 Å². The van der Waals surface area contributed by atoms with E-state index >= 15 is 0 Å². The van der Waals surface area contributed by atoms with E-state index in [1.807, 2.05) is 6.07 Å². The molecule has 1 amide bonds. The molecule has 0 aliphatic carbocycles. The minimum atomic E-state index is -1.14. The van der Waals surface area contributed by atoms with E-state index in [1.165, 1.54) is 10.9 Å². The summed E-state index contributed by atoms with van der Waals surface area (Å²) in [7, 11) is 1.68. The van der Waals surface area contributed by atoms with E-state index < -0.39 is 17.9 Å². The third-order valence-corrected chi connectivity index (χ3v) is 3.52. The van der Waals surface area contributed by atoms with E-state index in [-0.39, 0.29) is 0 Å². The molecule has 110 valence electrons. The van der Waals surface area contributed by atoms with Gasteiger partial charge < -0.3 is 10.4 Å². The first-order chi connectivity index (χ1) is 9.88. The Morgan fingerprint density at radius 1 is 1.43 bits per heavy atom. The van der Waals surface area contributed by atoms with Gasteiger partial charge in [-0.1, -0.05) is 22.0 Å². The summed E-state index contributed by atoms with van der Waals surface area (Å²) in [5, 5.41) is 15.7. The van der Waals surface area contributed by atoms with Crippen molar-refractivity contribution in [2.24, 2.45) is 7.05 Å². The Morgan fingerprint density at radius 2 is 2.14 bits per heavy atom. The van der Waals surface area contributed by atoms with Crippen molar-refractivity contribution in [3.05, 3.63) is 51.8 Å². The number of aryl methyl sites for hydroxylation is 2. The SMILES string of the molecule is Cc1ccc(Br)cc1C(=O)NC(C(=O)O)c1cnn(C)c1. The Hall–Kier alpha value is -2.15. The largest absolute Gasteiger partial charge is 0.479 e. The lowest BCUT2D eigenvalue weighted by Crippen LogP contribution is -2.34. The smallest absolute Gasteiger partial charge is 0.331 e. The Morgan fingerprint density at radius 3 is 2.71 bits per heavy atom. The number of halogens is 1. The summed E-state index contributed by atoms with van der Waals surface area (Å²) in [5.41, 5.74) is 1.62. The van der Waals surface area contributed by atoms with Gasteiger partial charge in [0.2, 0.25) is 0 Å². The van der Waals surface area contributed by atoms with Crippen LogP contribution in [0.4, 0.5) is 0 Å². The molecule has 0 saturated heterocycles. The number of amides is 1. The molecule has 2 rings (SSSR count). The second-order valence-corrected chi connectivity index (χ2v) is 5.57. The molecule has 1 aromatic heterocycles. The van der Waals surface area contributed by atoms with Crippen LogP contribution in [0.2, 0.25) is 0 Å². The van der Waals surface area contributed by atoms with E-state index in [2.05, 4.69) is 26.3 Å². The molecule has 6 nitrogen and oxygen atoms in total. The highest BCUT2D eigenvalue weighted by Gasteiger charge is 2.24. The number of aliphatic carboxylic acids is 1. The van der Waals surface area contributed by atoms with E-state index in [0.717, 1.165) is 10.0 Å². The number of carboxylic acid groups (broad SMARTS) is 1. The zero-order valence-electron chi connectivity index (χ0n) is 11.5. The van der Waals surface area contributed by atoms with Crippen LogP contribution in [-0.2, 0) is 11.8 Å². The van der Waals surface area contributed by atoms with E-state index in [9.17, 15) is 14.7 Å². The summed E-state index contributed by atoms with van der Waals surface area (Å²) >= 11 is 3.30. The van der Waals surface area contributed by atoms with Crippen LogP contribution in [0.5, 0.6) is 0 Å². The fourth-order valence-corrected chi connectivity index (χ4v) is 2.29. The number of aromatic nitrogens is 2. The molecule has 1 unspecified atom stereocenters. The quantitative estimate of drug-likeness (QED) is 0.882. The number of rotatable bonds is 4. The maximum absolute atomic E-state index is 12.3. The third kappa shape index (κ3) is 3.49. The molecule has 0 bridgehead atoms. The van der Waals surface area contributed by atoms with Gasteiger partial charge in [-0.25, -0.2) is 4.79 Å². The molecule has 2 aromatic rings. The minimum absolute atomic E-state index is 0.422. The van der Waals surface area contributed by atoms with Gasteiger partial charge >= 0.3 is 5.97 Å². The summed E-state index contributed by atoms with van der Waals surface area (Å²) in [4.78, 5) is 23.7. The maximum Gasteiger partial charge on any atom is 0.331 e. The van der Waals surface area contributed by atoms with Crippen LogP contribution in [0.1, 0.15) is 27.5 Å². The van der Waals surface area contributed by atoms with Crippen LogP contribution in [0.15, 0.2) is 35.1 Å². The fraction of sp³-hybridized carbons (Fsp3) is 0.214. The highest BCUT2D eigenvalue weighted by atomic mass is 79.9. The summed E-state index contributed by atoms with van der Waals surface area (Å²) in [6.45, 7) is 1.79. The van der Waals surface area contributed by atoms with E-state index in [4.69, 9.17) is 0 Å². The minimum Gasteiger partial charge on any atom is -0.479 e. The summed E-state index contributed by atoms with van der Waals surface area (Å²) in [5.74, 6) is -1.57. The predicted molar refractivity (Wildman–Crippen MR) is 79.9 cm³/mol. The molecule has 0 spiro atoms. The van der Waals surface area contributed by atoms with Gasteiger partial charge in [-0.15, -0.1) is 0 Å². The van der Waals surface area contributed by atoms with E-state index in [0.29, 0.717) is 11.1 Å². The first kappa shape index (κ1) is 15.2. The van der Waals surface area contributed by atoms with Crippen molar-refractivity contribution in [3.63, 3.8) is 0 Å². The number of hydrogen-bond acceptors (Lipinski definition) is 3. The number of nitrogens with zero attached hydrogens (tertiary/aromatic N) is 2. The molecule has 7 heteroatoms. The summed E-state index contributed by atoms with van der Waals surface area (Å²) in [6.07, 6.45) is 2.99. The molecule has 0 aliphatic rings. The zero-order valence-corrected chi connectivity index (χ0v) is 13.1. The molecule has 0 saturated carbocycles. The lowest BCUT2D eigenvalue weighted by molar-refractivity contribution is -0.139. The van der Waals surface area contributed by atoms with Crippen molar-refractivity contribution in [1.82, 2.24) is 15.1 Å². The lowest BCUT2D eigenvalue weighted by atomic mass is 10.1. The predicted octanol–water partition coefficient (Wildman–Crippen LogP) is 2.05. The number of hydrogen-bond donors (Lipinski definition) is 2. The third-order valence-electron chi connectivity index (χ3n) is 3.02. The first-order valence-electron chi connectivity index (χ1n) is 6.17. The molecule has 1 heterocycles. The van der Waals surface area contributed by atoms with Gasteiger partial charge in [-0.3, -0.25) is 9.48 Å². The van der Waals surface area contributed by atoms with Crippen molar-refractivity contribution >= 4 is 27.8 Å². The molecule has 0 fully saturated rings. The van der Waals surface area contributed by atoms with Crippen LogP contribution in [-0.4, -0.2) is 26.8 Å². The summed E-state index contributed by atoms with van der Waals surface area (Å²) < 4.78 is 2.24. The van der Waals surface area contributed by atoms with Crippen molar-refractivity contribution in [3.8, 4) is 0 Å². The van der Waals surface area contributed by atoms with Gasteiger partial charge in [0.05, 0.1) is 6.20 Å². The first-order valence-corrected chi connectivity index (χ1v) is 6.96. The van der Waals surface area contributed by atoms with Crippen molar-refractivity contribution < 1.29 is 14.7 Å². The van der Waals surface area contributed by atoms with Gasteiger partial charge in [0.25, 0.3) is 5.91 Å². The highest BCUT2D eigenvalue weighted by molar-refractivity contribution is 9.10. The molecule has 0 aliphatic heterocycles. The second-order valence-electron chi connectivity index (χ2n) is 4.65. The van der Waals surface area contributed by atoms with Gasteiger partial charge in [0, 0.05) is 28.8 Å². The summed E-state index contributed by atoms with van der Waals surface area (Å²) in [6, 6.07) is 4.14. The lowest BCUT2D eigenvalue weighted by Gasteiger charge is -2.14. The number of carbonyl (C=O) groups excluding carboxylic acids is 1. The Kier molecular flexibility index (Phi) is 4.42. The van der Waals surface area contributed by atoms with Crippen molar-refractivity contribution in [2.75, 3.05) is 0 Å². The van der Waals surface area contributed by atoms with Crippen LogP contribution in [0.25, 0.3) is 0 Å². The highest BCUT2D eigenvalue weighted by Crippen LogP contribution is 2.18. The normalized spacial score (nSPS) is 12.0. The van der Waals surface area contributed by atoms with Gasteiger partial charge in [-0.05, 0) is 24.6 Å².